The summed E-state index contributed by atoms with van der Waals surface area (Å²) in [6.45, 7) is 0.481. The van der Waals surface area contributed by atoms with E-state index in [4.69, 9.17) is 9.47 Å². The third-order valence-corrected chi connectivity index (χ3v) is 5.35. The summed E-state index contributed by atoms with van der Waals surface area (Å²) >= 11 is 0. The van der Waals surface area contributed by atoms with Crippen molar-refractivity contribution in [2.24, 2.45) is 0 Å². The molecule has 6 heteroatoms. The van der Waals surface area contributed by atoms with Gasteiger partial charge in [-0.2, -0.15) is 0 Å². The van der Waals surface area contributed by atoms with Crippen LogP contribution in [0.15, 0.2) is 78.9 Å². The highest BCUT2D eigenvalue weighted by Crippen LogP contribution is 2.25. The zero-order valence-electron chi connectivity index (χ0n) is 17.3. The highest BCUT2D eigenvalue weighted by Gasteiger charge is 2.35. The van der Waals surface area contributed by atoms with Crippen LogP contribution in [-0.4, -0.2) is 30.1 Å². The molecule has 1 atom stereocenters. The lowest BCUT2D eigenvalue weighted by atomic mass is 9.94. The Morgan fingerprint density at radius 3 is 2.32 bits per heavy atom. The second kappa shape index (κ2) is 9.34. The summed E-state index contributed by atoms with van der Waals surface area (Å²) in [4.78, 5) is 27.6. The van der Waals surface area contributed by atoms with Gasteiger partial charge >= 0.3 is 6.09 Å². The Bertz CT molecular complexity index is 1050. The molecule has 1 aliphatic rings. The first-order valence-electron chi connectivity index (χ1n) is 10.1. The molecule has 0 saturated carbocycles. The van der Waals surface area contributed by atoms with Gasteiger partial charge in [0.05, 0.1) is 13.7 Å². The van der Waals surface area contributed by atoms with Crippen molar-refractivity contribution in [3.05, 3.63) is 95.6 Å². The molecular weight excluding hydrogens is 392 g/mol. The summed E-state index contributed by atoms with van der Waals surface area (Å²) in [5.74, 6) is 0.451. The van der Waals surface area contributed by atoms with Crippen molar-refractivity contribution in [1.29, 1.82) is 0 Å². The number of hydrogen-bond acceptors (Lipinski definition) is 4. The molecular formula is C25H24N2O4. The standard InChI is InChI=1S/C25H24N2O4/c1-30-22-13-11-21(12-14-22)26-24(28)23-15-19-9-5-6-10-20(19)16-27(23)25(29)31-17-18-7-3-2-4-8-18/h2-14,23H,15-17H2,1H3,(H,26,28). The van der Waals surface area contributed by atoms with Crippen LogP contribution in [0.3, 0.4) is 0 Å². The van der Waals surface area contributed by atoms with Gasteiger partial charge in [-0.25, -0.2) is 4.79 Å². The average molecular weight is 416 g/mol. The molecule has 1 aliphatic heterocycles. The lowest BCUT2D eigenvalue weighted by Crippen LogP contribution is -2.50. The van der Waals surface area contributed by atoms with E-state index in [0.717, 1.165) is 16.7 Å². The van der Waals surface area contributed by atoms with Gasteiger partial charge in [-0.05, 0) is 41.0 Å². The van der Waals surface area contributed by atoms with Crippen LogP contribution < -0.4 is 10.1 Å². The molecule has 158 valence electrons. The summed E-state index contributed by atoms with van der Waals surface area (Å²) in [6.07, 6.45) is -0.0771. The van der Waals surface area contributed by atoms with Crippen LogP contribution in [0.5, 0.6) is 5.75 Å². The molecule has 0 aliphatic carbocycles. The van der Waals surface area contributed by atoms with Gasteiger partial charge in [0.25, 0.3) is 0 Å². The Hall–Kier alpha value is -3.80. The van der Waals surface area contributed by atoms with Crippen molar-refractivity contribution in [2.75, 3.05) is 12.4 Å². The SMILES string of the molecule is COc1ccc(NC(=O)C2Cc3ccccc3CN2C(=O)OCc2ccccc2)cc1. The molecule has 0 radical (unpaired) electrons. The third-order valence-electron chi connectivity index (χ3n) is 5.35. The summed E-state index contributed by atoms with van der Waals surface area (Å²) in [7, 11) is 1.59. The van der Waals surface area contributed by atoms with E-state index in [1.807, 2.05) is 54.6 Å². The van der Waals surface area contributed by atoms with Crippen LogP contribution in [0.1, 0.15) is 16.7 Å². The Labute approximate surface area is 181 Å². The number of benzene rings is 3. The fourth-order valence-corrected chi connectivity index (χ4v) is 3.65. The first-order valence-corrected chi connectivity index (χ1v) is 10.1. The Balaban J connectivity index is 1.51. The van der Waals surface area contributed by atoms with Gasteiger partial charge in [0.2, 0.25) is 5.91 Å². The zero-order valence-corrected chi connectivity index (χ0v) is 17.3. The molecule has 0 saturated heterocycles. The van der Waals surface area contributed by atoms with E-state index in [1.165, 1.54) is 4.90 Å². The molecule has 0 spiro atoms. The average Bonchev–Trinajstić information content (AvgIpc) is 2.82. The number of amides is 2. The van der Waals surface area contributed by atoms with Crippen LogP contribution in [0.4, 0.5) is 10.5 Å². The van der Waals surface area contributed by atoms with Gasteiger partial charge in [0.1, 0.15) is 18.4 Å². The Morgan fingerprint density at radius 1 is 0.935 bits per heavy atom. The van der Waals surface area contributed by atoms with Crippen molar-refractivity contribution in [3.8, 4) is 5.75 Å². The second-order valence-corrected chi connectivity index (χ2v) is 7.37. The molecule has 1 heterocycles. The van der Waals surface area contributed by atoms with E-state index in [0.29, 0.717) is 24.4 Å². The predicted molar refractivity (Wildman–Crippen MR) is 118 cm³/mol. The van der Waals surface area contributed by atoms with Gasteiger partial charge in [0.15, 0.2) is 0 Å². The molecule has 0 bridgehead atoms. The van der Waals surface area contributed by atoms with E-state index in [9.17, 15) is 9.59 Å². The quantitative estimate of drug-likeness (QED) is 0.670. The molecule has 31 heavy (non-hydrogen) atoms. The maximum atomic E-state index is 13.1. The number of nitrogens with one attached hydrogen (secondary N) is 1. The number of carbonyl (C=O) groups excluding carboxylic acids is 2. The Morgan fingerprint density at radius 2 is 1.61 bits per heavy atom. The van der Waals surface area contributed by atoms with Crippen molar-refractivity contribution in [2.45, 2.75) is 25.6 Å². The summed E-state index contributed by atoms with van der Waals surface area (Å²) in [5.41, 5.74) is 3.62. The summed E-state index contributed by atoms with van der Waals surface area (Å²) in [5, 5.41) is 2.91. The fraction of sp³-hybridized carbons (Fsp3) is 0.200. The molecule has 0 fully saturated rings. The van der Waals surface area contributed by atoms with Crippen LogP contribution in [-0.2, 0) is 29.1 Å². The number of ether oxygens (including phenoxy) is 2. The first-order chi connectivity index (χ1) is 15.1. The predicted octanol–water partition coefficient (Wildman–Crippen LogP) is 4.40. The van der Waals surface area contributed by atoms with Gasteiger partial charge in [-0.15, -0.1) is 0 Å². The van der Waals surface area contributed by atoms with Crippen molar-refractivity contribution in [1.82, 2.24) is 4.90 Å². The van der Waals surface area contributed by atoms with Crippen molar-refractivity contribution < 1.29 is 19.1 Å². The molecule has 2 amide bonds. The molecule has 3 aromatic rings. The van der Waals surface area contributed by atoms with E-state index >= 15 is 0 Å². The third kappa shape index (κ3) is 4.86. The zero-order chi connectivity index (χ0) is 21.6. The molecule has 0 aromatic heterocycles. The van der Waals surface area contributed by atoms with Gasteiger partial charge < -0.3 is 14.8 Å². The minimum absolute atomic E-state index is 0.157. The maximum Gasteiger partial charge on any atom is 0.411 e. The van der Waals surface area contributed by atoms with Crippen molar-refractivity contribution in [3.63, 3.8) is 0 Å². The van der Waals surface area contributed by atoms with Gasteiger partial charge in [-0.1, -0.05) is 54.6 Å². The van der Waals surface area contributed by atoms with Crippen LogP contribution in [0, 0.1) is 0 Å². The molecule has 1 N–H and O–H groups in total. The van der Waals surface area contributed by atoms with E-state index < -0.39 is 12.1 Å². The van der Waals surface area contributed by atoms with E-state index in [-0.39, 0.29) is 12.5 Å². The number of hydrogen-bond donors (Lipinski definition) is 1. The van der Waals surface area contributed by atoms with Crippen LogP contribution in [0.2, 0.25) is 0 Å². The van der Waals surface area contributed by atoms with Crippen molar-refractivity contribution >= 4 is 17.7 Å². The fourth-order valence-electron chi connectivity index (χ4n) is 3.65. The van der Waals surface area contributed by atoms with Crippen LogP contribution >= 0.6 is 0 Å². The molecule has 3 aromatic carbocycles. The number of rotatable bonds is 5. The smallest absolute Gasteiger partial charge is 0.411 e. The largest absolute Gasteiger partial charge is 0.497 e. The minimum Gasteiger partial charge on any atom is -0.497 e. The van der Waals surface area contributed by atoms with E-state index in [1.54, 1.807) is 31.4 Å². The first kappa shape index (κ1) is 20.5. The number of fused-ring (bicyclic) bond motifs is 1. The lowest BCUT2D eigenvalue weighted by Gasteiger charge is -2.35. The van der Waals surface area contributed by atoms with Gasteiger partial charge in [0, 0.05) is 12.1 Å². The Kier molecular flexibility index (Phi) is 6.17. The molecule has 6 nitrogen and oxygen atoms in total. The summed E-state index contributed by atoms with van der Waals surface area (Å²) < 4.78 is 10.7. The highest BCUT2D eigenvalue weighted by molar-refractivity contribution is 5.97. The summed E-state index contributed by atoms with van der Waals surface area (Å²) in [6, 6.07) is 23.8. The number of methoxy groups -OCH3 is 1. The number of nitrogens with zero attached hydrogens (tertiary/aromatic N) is 1. The highest BCUT2D eigenvalue weighted by atomic mass is 16.6. The van der Waals surface area contributed by atoms with Gasteiger partial charge in [-0.3, -0.25) is 9.69 Å². The minimum atomic E-state index is -0.666. The molecule has 4 rings (SSSR count). The number of carbonyl (C=O) groups is 2. The lowest BCUT2D eigenvalue weighted by molar-refractivity contribution is -0.121. The van der Waals surface area contributed by atoms with Crippen LogP contribution in [0.25, 0.3) is 0 Å². The van der Waals surface area contributed by atoms with E-state index in [2.05, 4.69) is 5.32 Å². The second-order valence-electron chi connectivity index (χ2n) is 7.37. The maximum absolute atomic E-state index is 13.1. The molecule has 1 unspecified atom stereocenters. The monoisotopic (exact) mass is 416 g/mol. The number of anilines is 1. The normalized spacial score (nSPS) is 15.0. The topological polar surface area (TPSA) is 67.9 Å².